The van der Waals surface area contributed by atoms with E-state index in [1.807, 2.05) is 24.3 Å². The van der Waals surface area contributed by atoms with Crippen LogP contribution in [0.5, 0.6) is 0 Å². The van der Waals surface area contributed by atoms with E-state index in [-0.39, 0.29) is 36.4 Å². The highest BCUT2D eigenvalue weighted by Gasteiger charge is 2.47. The SMILES string of the molecule is N#CC1(F)CCN(c2ccc(C(C=Nc3ccc(F)cc3)=C(N)[C@@H]3CCCC[C@H]3C(=O)NC3(C#N)CC3)cc2)CC1. The Kier molecular flexibility index (Phi) is 8.08. The molecule has 0 spiro atoms. The van der Waals surface area contributed by atoms with Crippen LogP contribution in [-0.4, -0.2) is 36.4 Å². The second-order valence-corrected chi connectivity index (χ2v) is 11.4. The van der Waals surface area contributed by atoms with E-state index in [4.69, 9.17) is 11.0 Å². The molecule has 1 heterocycles. The lowest BCUT2D eigenvalue weighted by Gasteiger charge is -2.34. The summed E-state index contributed by atoms with van der Waals surface area (Å²) in [6.07, 6.45) is 6.60. The van der Waals surface area contributed by atoms with E-state index >= 15 is 0 Å². The van der Waals surface area contributed by atoms with E-state index in [1.54, 1.807) is 24.4 Å². The number of halogens is 2. The number of nitrogens with one attached hydrogen (secondary N) is 1. The Balaban J connectivity index is 1.45. The van der Waals surface area contributed by atoms with Gasteiger partial charge < -0.3 is 16.0 Å². The number of allylic oxidation sites excluding steroid dienone is 2. The fraction of sp³-hybridized carbons (Fsp3) is 0.438. The average Bonchev–Trinajstić information content (AvgIpc) is 3.78. The van der Waals surface area contributed by atoms with Gasteiger partial charge >= 0.3 is 0 Å². The Morgan fingerprint density at radius 1 is 0.976 bits per heavy atom. The van der Waals surface area contributed by atoms with Crippen molar-refractivity contribution in [3.05, 3.63) is 65.6 Å². The first-order valence-electron chi connectivity index (χ1n) is 14.2. The third kappa shape index (κ3) is 6.41. The van der Waals surface area contributed by atoms with Crippen LogP contribution >= 0.6 is 0 Å². The fourth-order valence-corrected chi connectivity index (χ4v) is 5.80. The number of rotatable bonds is 7. The molecular formula is C32H34F2N6O. The minimum Gasteiger partial charge on any atom is -0.401 e. The number of hydrogen-bond donors (Lipinski definition) is 2. The number of benzene rings is 2. The van der Waals surface area contributed by atoms with Crippen LogP contribution < -0.4 is 16.0 Å². The van der Waals surface area contributed by atoms with Crippen LogP contribution in [0.2, 0.25) is 0 Å². The van der Waals surface area contributed by atoms with Gasteiger partial charge in [0.15, 0.2) is 5.67 Å². The maximum atomic E-state index is 14.4. The van der Waals surface area contributed by atoms with Crippen LogP contribution in [0, 0.1) is 40.3 Å². The van der Waals surface area contributed by atoms with E-state index in [0.29, 0.717) is 49.3 Å². The lowest BCUT2D eigenvalue weighted by molar-refractivity contribution is -0.127. The lowest BCUT2D eigenvalue weighted by Crippen LogP contribution is -2.44. The number of nitriles is 2. The molecule has 3 N–H and O–H groups in total. The highest BCUT2D eigenvalue weighted by molar-refractivity contribution is 6.12. The molecule has 1 aliphatic heterocycles. The van der Waals surface area contributed by atoms with Crippen molar-refractivity contribution in [2.75, 3.05) is 18.0 Å². The molecule has 0 bridgehead atoms. The van der Waals surface area contributed by atoms with Crippen molar-refractivity contribution in [3.8, 4) is 12.1 Å². The van der Waals surface area contributed by atoms with Crippen LogP contribution in [0.3, 0.4) is 0 Å². The van der Waals surface area contributed by atoms with Gasteiger partial charge in [-0.2, -0.15) is 10.5 Å². The van der Waals surface area contributed by atoms with E-state index < -0.39 is 11.2 Å². The van der Waals surface area contributed by atoms with Crippen LogP contribution in [0.4, 0.5) is 20.2 Å². The number of carbonyl (C=O) groups excluding carboxylic acids is 1. The summed E-state index contributed by atoms with van der Waals surface area (Å²) in [7, 11) is 0. The van der Waals surface area contributed by atoms with E-state index in [1.165, 1.54) is 12.1 Å². The van der Waals surface area contributed by atoms with Crippen LogP contribution in [-0.2, 0) is 4.79 Å². The highest BCUT2D eigenvalue weighted by atomic mass is 19.1. The topological polar surface area (TPSA) is 118 Å². The van der Waals surface area contributed by atoms with E-state index in [9.17, 15) is 18.8 Å². The molecule has 3 aliphatic rings. The zero-order valence-corrected chi connectivity index (χ0v) is 23.0. The van der Waals surface area contributed by atoms with E-state index in [2.05, 4.69) is 21.3 Å². The van der Waals surface area contributed by atoms with Gasteiger partial charge in [0, 0.05) is 60.9 Å². The first-order valence-corrected chi connectivity index (χ1v) is 14.2. The Bertz CT molecular complexity index is 1410. The zero-order chi connectivity index (χ0) is 29.0. The number of amides is 1. The molecule has 41 heavy (non-hydrogen) atoms. The largest absolute Gasteiger partial charge is 0.401 e. The van der Waals surface area contributed by atoms with Crippen molar-refractivity contribution in [2.24, 2.45) is 22.6 Å². The number of carbonyl (C=O) groups is 1. The molecule has 0 aromatic heterocycles. The van der Waals surface area contributed by atoms with Gasteiger partial charge in [0.25, 0.3) is 0 Å². The molecule has 5 rings (SSSR count). The summed E-state index contributed by atoms with van der Waals surface area (Å²) < 4.78 is 27.9. The first-order chi connectivity index (χ1) is 19.7. The maximum absolute atomic E-state index is 14.4. The van der Waals surface area contributed by atoms with Crippen molar-refractivity contribution < 1.29 is 13.6 Å². The average molecular weight is 557 g/mol. The minimum atomic E-state index is -1.77. The zero-order valence-electron chi connectivity index (χ0n) is 23.0. The van der Waals surface area contributed by atoms with Gasteiger partial charge in [-0.25, -0.2) is 8.78 Å². The van der Waals surface area contributed by atoms with Crippen LogP contribution in [0.25, 0.3) is 5.57 Å². The Morgan fingerprint density at radius 3 is 2.20 bits per heavy atom. The molecular weight excluding hydrogens is 522 g/mol. The Hall–Kier alpha value is -4.24. The molecule has 1 saturated heterocycles. The number of alkyl halides is 1. The highest BCUT2D eigenvalue weighted by Crippen LogP contribution is 2.40. The van der Waals surface area contributed by atoms with Crippen LogP contribution in [0.1, 0.15) is 56.9 Å². The summed E-state index contributed by atoms with van der Waals surface area (Å²) in [5.74, 6) is -1.06. The van der Waals surface area contributed by atoms with E-state index in [0.717, 1.165) is 30.5 Å². The third-order valence-corrected chi connectivity index (χ3v) is 8.61. The molecule has 3 fully saturated rings. The number of nitrogens with two attached hydrogens (primary N) is 1. The van der Waals surface area contributed by atoms with Crippen molar-refractivity contribution in [3.63, 3.8) is 0 Å². The lowest BCUT2D eigenvalue weighted by atomic mass is 9.75. The summed E-state index contributed by atoms with van der Waals surface area (Å²) >= 11 is 0. The standard InChI is InChI=1S/C32H34F2N6O/c33-23-7-9-24(10-8-23)38-19-28(22-5-11-25(12-6-22)40-17-15-31(34,20-35)16-18-40)29(37)26-3-1-2-4-27(26)30(41)39-32(21-36)13-14-32/h5-12,19,26-27H,1-4,13-18,37H2,(H,39,41)/t26-,27-/m1/s1. The molecule has 2 aromatic rings. The summed E-state index contributed by atoms with van der Waals surface area (Å²) in [6.45, 7) is 0.895. The van der Waals surface area contributed by atoms with Gasteiger partial charge in [0.2, 0.25) is 5.91 Å². The second-order valence-electron chi connectivity index (χ2n) is 11.4. The number of anilines is 1. The first kappa shape index (κ1) is 28.3. The van der Waals surface area contributed by atoms with Gasteiger partial charge in [-0.3, -0.25) is 9.79 Å². The molecule has 2 atom stereocenters. The maximum Gasteiger partial charge on any atom is 0.225 e. The van der Waals surface area contributed by atoms with Crippen molar-refractivity contribution in [1.29, 1.82) is 10.5 Å². The second kappa shape index (κ2) is 11.7. The van der Waals surface area contributed by atoms with Gasteiger partial charge in [-0.05, 0) is 67.6 Å². The quantitative estimate of drug-likeness (QED) is 0.424. The van der Waals surface area contributed by atoms with Crippen molar-refractivity contribution >= 4 is 29.1 Å². The number of aliphatic imine (C=N–C) groups is 1. The minimum absolute atomic E-state index is 0.131. The van der Waals surface area contributed by atoms with Crippen molar-refractivity contribution in [2.45, 2.75) is 62.6 Å². The number of hydrogen-bond acceptors (Lipinski definition) is 6. The number of nitrogens with zero attached hydrogens (tertiary/aromatic N) is 4. The Labute approximate surface area is 239 Å². The third-order valence-electron chi connectivity index (χ3n) is 8.61. The molecule has 0 radical (unpaired) electrons. The molecule has 2 aliphatic carbocycles. The predicted octanol–water partition coefficient (Wildman–Crippen LogP) is 5.71. The Morgan fingerprint density at radius 2 is 1.61 bits per heavy atom. The van der Waals surface area contributed by atoms with Gasteiger partial charge in [0.1, 0.15) is 17.4 Å². The number of piperidine rings is 1. The van der Waals surface area contributed by atoms with Crippen molar-refractivity contribution in [1.82, 2.24) is 5.32 Å². The smallest absolute Gasteiger partial charge is 0.225 e. The normalized spacial score (nSPS) is 23.7. The predicted molar refractivity (Wildman–Crippen MR) is 154 cm³/mol. The van der Waals surface area contributed by atoms with Gasteiger partial charge in [-0.15, -0.1) is 0 Å². The summed E-state index contributed by atoms with van der Waals surface area (Å²) in [4.78, 5) is 20.0. The molecule has 7 nitrogen and oxygen atoms in total. The molecule has 2 aromatic carbocycles. The van der Waals surface area contributed by atoms with Crippen LogP contribution in [0.15, 0.2) is 59.2 Å². The van der Waals surface area contributed by atoms with Gasteiger partial charge in [-0.1, -0.05) is 25.0 Å². The summed E-state index contributed by atoms with van der Waals surface area (Å²) in [5, 5.41) is 21.6. The molecule has 0 unspecified atom stereocenters. The monoisotopic (exact) mass is 556 g/mol. The van der Waals surface area contributed by atoms with Gasteiger partial charge in [0.05, 0.1) is 11.8 Å². The molecule has 9 heteroatoms. The fourth-order valence-electron chi connectivity index (χ4n) is 5.80. The molecule has 1 amide bonds. The summed E-state index contributed by atoms with van der Waals surface area (Å²) in [5.41, 5.74) is 7.89. The molecule has 212 valence electrons. The molecule has 2 saturated carbocycles. The summed E-state index contributed by atoms with van der Waals surface area (Å²) in [6, 6.07) is 17.6.